The molecule has 0 atom stereocenters. The second-order valence-corrected chi connectivity index (χ2v) is 7.94. The van der Waals surface area contributed by atoms with E-state index < -0.39 is 0 Å². The monoisotopic (exact) mass is 399 g/mol. The average molecular weight is 399 g/mol. The minimum Gasteiger partial charge on any atom is -0.338 e. The van der Waals surface area contributed by atoms with Crippen LogP contribution in [0.4, 0.5) is 0 Å². The number of hydrogen-bond donors (Lipinski definition) is 1. The highest BCUT2D eigenvalue weighted by atomic mass is 32.1. The zero-order valence-electron chi connectivity index (χ0n) is 15.5. The van der Waals surface area contributed by atoms with Crippen LogP contribution in [0, 0.1) is 5.92 Å². The third kappa shape index (κ3) is 3.45. The van der Waals surface area contributed by atoms with E-state index in [0.717, 1.165) is 17.8 Å². The molecule has 1 saturated heterocycles. The van der Waals surface area contributed by atoms with Gasteiger partial charge in [0, 0.05) is 32.8 Å². The molecular weight excluding hydrogens is 378 g/mol. The van der Waals surface area contributed by atoms with E-state index in [1.165, 1.54) is 15.9 Å². The van der Waals surface area contributed by atoms with Gasteiger partial charge in [0.1, 0.15) is 16.4 Å². The van der Waals surface area contributed by atoms with Gasteiger partial charge in [-0.3, -0.25) is 9.59 Å². The predicted octanol–water partition coefficient (Wildman–Crippen LogP) is 1.42. The first-order valence-electron chi connectivity index (χ1n) is 9.19. The van der Waals surface area contributed by atoms with Crippen LogP contribution in [0.2, 0.25) is 0 Å². The fourth-order valence-electron chi connectivity index (χ4n) is 3.62. The van der Waals surface area contributed by atoms with Crippen LogP contribution >= 0.6 is 11.3 Å². The second-order valence-electron chi connectivity index (χ2n) is 7.01. The summed E-state index contributed by atoms with van der Waals surface area (Å²) in [5.41, 5.74) is -0.293. The van der Waals surface area contributed by atoms with Crippen molar-refractivity contribution in [3.8, 4) is 5.00 Å². The van der Waals surface area contributed by atoms with Crippen molar-refractivity contribution in [2.45, 2.75) is 19.3 Å². The number of nitrogens with one attached hydrogen (secondary N) is 1. The molecule has 0 bridgehead atoms. The van der Waals surface area contributed by atoms with Crippen LogP contribution in [0.25, 0.3) is 5.00 Å². The summed E-state index contributed by atoms with van der Waals surface area (Å²) in [6.07, 6.45) is 3.93. The molecule has 0 radical (unpaired) electrons. The second kappa shape index (κ2) is 7.59. The molecule has 1 N–H and O–H groups in total. The van der Waals surface area contributed by atoms with Gasteiger partial charge in [-0.25, -0.2) is 14.5 Å². The maximum absolute atomic E-state index is 12.7. The lowest BCUT2D eigenvalue weighted by atomic mass is 9.93. The van der Waals surface area contributed by atoms with Crippen molar-refractivity contribution >= 4 is 17.2 Å². The number of hydrogen-bond acceptors (Lipinski definition) is 5. The first-order valence-corrected chi connectivity index (χ1v) is 10.1. The van der Waals surface area contributed by atoms with Gasteiger partial charge in [-0.2, -0.15) is 5.10 Å². The third-order valence-electron chi connectivity index (χ3n) is 5.20. The molecule has 146 valence electrons. The molecular formula is C19H21N5O3S. The molecule has 8 nitrogen and oxygen atoms in total. The van der Waals surface area contributed by atoms with E-state index in [1.807, 2.05) is 17.5 Å². The average Bonchev–Trinajstić information content (AvgIpc) is 3.34. The van der Waals surface area contributed by atoms with Gasteiger partial charge in [0.05, 0.1) is 0 Å². The van der Waals surface area contributed by atoms with Crippen molar-refractivity contribution in [2.24, 2.45) is 13.0 Å². The fourth-order valence-corrected chi connectivity index (χ4v) is 4.37. The van der Waals surface area contributed by atoms with Crippen LogP contribution < -0.4 is 11.2 Å². The Morgan fingerprint density at radius 3 is 2.75 bits per heavy atom. The maximum Gasteiger partial charge on any atom is 0.348 e. The van der Waals surface area contributed by atoms with Crippen molar-refractivity contribution in [3.05, 3.63) is 68.1 Å². The Morgan fingerprint density at radius 1 is 1.25 bits per heavy atom. The SMILES string of the molecule is Cn1cccc(C(=O)N2CCC(Cc3n[nH]c(=O)n3-c3cccs3)CC2)c1=O. The zero-order chi connectivity index (χ0) is 19.7. The molecule has 4 heterocycles. The molecule has 1 amide bonds. The van der Waals surface area contributed by atoms with E-state index in [1.54, 1.807) is 34.8 Å². The highest BCUT2D eigenvalue weighted by Gasteiger charge is 2.27. The van der Waals surface area contributed by atoms with Crippen molar-refractivity contribution < 1.29 is 4.79 Å². The summed E-state index contributed by atoms with van der Waals surface area (Å²) >= 11 is 1.49. The Kier molecular flexibility index (Phi) is 4.99. The molecule has 1 aliphatic rings. The number of amides is 1. The number of carbonyl (C=O) groups is 1. The van der Waals surface area contributed by atoms with Gasteiger partial charge in [-0.1, -0.05) is 0 Å². The molecule has 0 unspecified atom stereocenters. The summed E-state index contributed by atoms with van der Waals surface area (Å²) in [7, 11) is 1.64. The summed E-state index contributed by atoms with van der Waals surface area (Å²) in [5.74, 6) is 0.834. The number of thiophene rings is 1. The molecule has 3 aromatic rings. The van der Waals surface area contributed by atoms with Crippen LogP contribution in [0.5, 0.6) is 0 Å². The molecule has 0 aliphatic carbocycles. The highest BCUT2D eigenvalue weighted by molar-refractivity contribution is 7.12. The Balaban J connectivity index is 1.43. The summed E-state index contributed by atoms with van der Waals surface area (Å²) < 4.78 is 3.04. The van der Waals surface area contributed by atoms with E-state index in [9.17, 15) is 14.4 Å². The lowest BCUT2D eigenvalue weighted by Gasteiger charge is -2.31. The summed E-state index contributed by atoms with van der Waals surface area (Å²) in [5, 5.41) is 9.51. The minimum absolute atomic E-state index is 0.210. The van der Waals surface area contributed by atoms with E-state index in [0.29, 0.717) is 31.3 Å². The van der Waals surface area contributed by atoms with Gasteiger partial charge in [-0.05, 0) is 48.4 Å². The lowest BCUT2D eigenvalue weighted by Crippen LogP contribution is -2.41. The van der Waals surface area contributed by atoms with Gasteiger partial charge in [-0.15, -0.1) is 11.3 Å². The van der Waals surface area contributed by atoms with Crippen LogP contribution in [0.3, 0.4) is 0 Å². The first kappa shape index (κ1) is 18.4. The van der Waals surface area contributed by atoms with Crippen LogP contribution in [0.15, 0.2) is 45.4 Å². The van der Waals surface area contributed by atoms with Crippen molar-refractivity contribution in [1.29, 1.82) is 0 Å². The molecule has 0 saturated carbocycles. The number of carbonyl (C=O) groups excluding carboxylic acids is 1. The van der Waals surface area contributed by atoms with Gasteiger partial charge in [0.15, 0.2) is 0 Å². The Bertz CT molecular complexity index is 1090. The zero-order valence-corrected chi connectivity index (χ0v) is 16.3. The fraction of sp³-hybridized carbons (Fsp3) is 0.368. The standard InChI is InChI=1S/C19H21N5O3S/c1-22-8-2-4-14(17(22)25)18(26)23-9-6-13(7-10-23)12-15-20-21-19(27)24(15)16-5-3-11-28-16/h2-5,8,11,13H,6-7,9-10,12H2,1H3,(H,21,27). The number of aromatic amines is 1. The lowest BCUT2D eigenvalue weighted by molar-refractivity contribution is 0.0687. The Morgan fingerprint density at radius 2 is 2.04 bits per heavy atom. The summed E-state index contributed by atoms with van der Waals surface area (Å²) in [6.45, 7) is 1.18. The van der Waals surface area contributed by atoms with Crippen molar-refractivity contribution in [2.75, 3.05) is 13.1 Å². The normalized spacial score (nSPS) is 15.1. The van der Waals surface area contributed by atoms with Crippen LogP contribution in [-0.4, -0.2) is 43.2 Å². The third-order valence-corrected chi connectivity index (χ3v) is 6.05. The van der Waals surface area contributed by atoms with E-state index in [4.69, 9.17) is 0 Å². The molecule has 4 rings (SSSR count). The number of pyridine rings is 1. The number of likely N-dealkylation sites (tertiary alicyclic amines) is 1. The highest BCUT2D eigenvalue weighted by Crippen LogP contribution is 2.23. The van der Waals surface area contributed by atoms with Crippen molar-refractivity contribution in [1.82, 2.24) is 24.2 Å². The topological polar surface area (TPSA) is 93.0 Å². The molecule has 1 aliphatic heterocycles. The Labute approximate surface area is 165 Å². The minimum atomic E-state index is -0.272. The number of aryl methyl sites for hydroxylation is 1. The molecule has 9 heteroatoms. The van der Waals surface area contributed by atoms with E-state index in [-0.39, 0.29) is 22.7 Å². The molecule has 0 spiro atoms. The molecule has 0 aromatic carbocycles. The molecule has 3 aromatic heterocycles. The van der Waals surface area contributed by atoms with Gasteiger partial charge >= 0.3 is 5.69 Å². The van der Waals surface area contributed by atoms with Gasteiger partial charge in [0.2, 0.25) is 0 Å². The maximum atomic E-state index is 12.7. The van der Waals surface area contributed by atoms with Gasteiger partial charge < -0.3 is 9.47 Å². The number of nitrogens with zero attached hydrogens (tertiary/aromatic N) is 4. The van der Waals surface area contributed by atoms with Crippen LogP contribution in [0.1, 0.15) is 29.0 Å². The van der Waals surface area contributed by atoms with Gasteiger partial charge in [0.25, 0.3) is 11.5 Å². The quantitative estimate of drug-likeness (QED) is 0.718. The molecule has 1 fully saturated rings. The van der Waals surface area contributed by atoms with Crippen molar-refractivity contribution in [3.63, 3.8) is 0 Å². The number of rotatable bonds is 4. The number of piperidine rings is 1. The number of H-pyrrole nitrogens is 1. The Hall–Kier alpha value is -2.94. The molecule has 28 heavy (non-hydrogen) atoms. The summed E-state index contributed by atoms with van der Waals surface area (Å²) in [6, 6.07) is 7.09. The largest absolute Gasteiger partial charge is 0.348 e. The smallest absolute Gasteiger partial charge is 0.338 e. The van der Waals surface area contributed by atoms with Crippen LogP contribution in [-0.2, 0) is 13.5 Å². The first-order chi connectivity index (χ1) is 13.5. The van der Waals surface area contributed by atoms with E-state index in [2.05, 4.69) is 10.2 Å². The predicted molar refractivity (Wildman–Crippen MR) is 106 cm³/mol. The summed E-state index contributed by atoms with van der Waals surface area (Å²) in [4.78, 5) is 38.7. The number of aromatic nitrogens is 4. The van der Waals surface area contributed by atoms with E-state index >= 15 is 0 Å².